The summed E-state index contributed by atoms with van der Waals surface area (Å²) < 4.78 is 0.922. The third-order valence-electron chi connectivity index (χ3n) is 2.99. The maximum absolute atomic E-state index is 11.6. The van der Waals surface area contributed by atoms with Crippen LogP contribution in [0.3, 0.4) is 0 Å². The van der Waals surface area contributed by atoms with Gasteiger partial charge < -0.3 is 5.11 Å². The number of rotatable bonds is 3. The van der Waals surface area contributed by atoms with Gasteiger partial charge in [-0.25, -0.2) is 4.79 Å². The summed E-state index contributed by atoms with van der Waals surface area (Å²) in [5.41, 5.74) is 1.69. The molecule has 0 spiro atoms. The minimum Gasteiger partial charge on any atom is -0.465 e. The van der Waals surface area contributed by atoms with E-state index in [0.717, 1.165) is 9.13 Å². The van der Waals surface area contributed by atoms with Gasteiger partial charge in [0.15, 0.2) is 0 Å². The lowest BCUT2D eigenvalue weighted by molar-refractivity contribution is 0.199. The third-order valence-corrected chi connectivity index (χ3v) is 3.90. The molecule has 0 unspecified atom stereocenters. The van der Waals surface area contributed by atoms with Crippen molar-refractivity contribution in [2.45, 2.75) is 13.0 Å². The second-order valence-electron chi connectivity index (χ2n) is 4.19. The second-order valence-corrected chi connectivity index (χ2v) is 5.35. The highest BCUT2D eigenvalue weighted by molar-refractivity contribution is 14.1. The third kappa shape index (κ3) is 3.07. The summed E-state index contributed by atoms with van der Waals surface area (Å²) in [4.78, 5) is 13.0. The Morgan fingerprint density at radius 1 is 1.11 bits per heavy atom. The Bertz CT molecular complexity index is 571. The van der Waals surface area contributed by atoms with Crippen molar-refractivity contribution in [1.29, 1.82) is 0 Å². The van der Waals surface area contributed by atoms with E-state index in [9.17, 15) is 9.90 Å². The van der Waals surface area contributed by atoms with E-state index in [1.165, 1.54) is 4.90 Å². The Kier molecular flexibility index (Phi) is 4.42. The van der Waals surface area contributed by atoms with Crippen molar-refractivity contribution in [2.24, 2.45) is 0 Å². The monoisotopic (exact) mass is 367 g/mol. The molecule has 0 aliphatic heterocycles. The van der Waals surface area contributed by atoms with E-state index in [1.807, 2.05) is 61.5 Å². The van der Waals surface area contributed by atoms with Gasteiger partial charge in [0.2, 0.25) is 0 Å². The zero-order valence-electron chi connectivity index (χ0n) is 10.5. The summed E-state index contributed by atoms with van der Waals surface area (Å²) in [6.07, 6.45) is -0.944. The lowest BCUT2D eigenvalue weighted by Crippen LogP contribution is -2.32. The molecule has 0 fully saturated rings. The summed E-state index contributed by atoms with van der Waals surface area (Å²) in [6.45, 7) is 1.90. The molecule has 1 N–H and O–H groups in total. The van der Waals surface area contributed by atoms with E-state index in [0.29, 0.717) is 5.69 Å². The van der Waals surface area contributed by atoms with Crippen molar-refractivity contribution in [3.05, 3.63) is 63.7 Å². The first kappa shape index (κ1) is 13.9. The largest absolute Gasteiger partial charge is 0.465 e. The van der Waals surface area contributed by atoms with Crippen LogP contribution in [0.1, 0.15) is 18.5 Å². The molecule has 3 nitrogen and oxygen atoms in total. The summed E-state index contributed by atoms with van der Waals surface area (Å²) in [7, 11) is 0. The van der Waals surface area contributed by atoms with E-state index in [1.54, 1.807) is 0 Å². The topological polar surface area (TPSA) is 40.5 Å². The van der Waals surface area contributed by atoms with Gasteiger partial charge in [-0.15, -0.1) is 0 Å². The van der Waals surface area contributed by atoms with Crippen molar-refractivity contribution >= 4 is 34.4 Å². The van der Waals surface area contributed by atoms with Crippen LogP contribution >= 0.6 is 22.6 Å². The average Bonchev–Trinajstić information content (AvgIpc) is 2.42. The summed E-state index contributed by atoms with van der Waals surface area (Å²) in [5.74, 6) is 0. The maximum atomic E-state index is 11.6. The molecule has 2 aromatic carbocycles. The molecule has 2 rings (SSSR count). The van der Waals surface area contributed by atoms with Gasteiger partial charge in [0.05, 0.1) is 11.7 Å². The number of carbonyl (C=O) groups is 1. The van der Waals surface area contributed by atoms with Crippen molar-refractivity contribution in [1.82, 2.24) is 0 Å². The number of hydrogen-bond acceptors (Lipinski definition) is 1. The number of anilines is 1. The van der Waals surface area contributed by atoms with Crippen LogP contribution in [0.15, 0.2) is 54.6 Å². The first-order valence-corrected chi connectivity index (χ1v) is 7.00. The van der Waals surface area contributed by atoms with E-state index in [4.69, 9.17) is 0 Å². The summed E-state index contributed by atoms with van der Waals surface area (Å²) in [5, 5.41) is 9.51. The molecule has 1 atom stereocenters. The molecule has 98 valence electrons. The summed E-state index contributed by atoms with van der Waals surface area (Å²) in [6, 6.07) is 16.9. The van der Waals surface area contributed by atoms with Crippen LogP contribution in [0.5, 0.6) is 0 Å². The number of para-hydroxylation sites is 1. The van der Waals surface area contributed by atoms with E-state index >= 15 is 0 Å². The predicted octanol–water partition coefficient (Wildman–Crippen LogP) is 4.54. The number of hydrogen-bond donors (Lipinski definition) is 1. The Morgan fingerprint density at radius 3 is 2.26 bits per heavy atom. The molecule has 2 aromatic rings. The Hall–Kier alpha value is -1.56. The molecule has 0 saturated carbocycles. The summed E-state index contributed by atoms with van der Waals surface area (Å²) >= 11 is 2.16. The van der Waals surface area contributed by atoms with Crippen LogP contribution in [0.2, 0.25) is 0 Å². The molecular formula is C15H14INO2. The highest BCUT2D eigenvalue weighted by atomic mass is 127. The molecule has 4 heteroatoms. The fourth-order valence-electron chi connectivity index (χ4n) is 2.01. The van der Waals surface area contributed by atoms with Crippen LogP contribution in [-0.2, 0) is 0 Å². The number of benzene rings is 2. The quantitative estimate of drug-likeness (QED) is 0.810. The number of carboxylic acid groups (broad SMARTS) is 1. The van der Waals surface area contributed by atoms with Gasteiger partial charge in [-0.1, -0.05) is 42.5 Å². The Balaban J connectivity index is 2.42. The lowest BCUT2D eigenvalue weighted by Gasteiger charge is -2.27. The van der Waals surface area contributed by atoms with Crippen LogP contribution in [0.25, 0.3) is 0 Å². The molecule has 0 radical (unpaired) electrons. The average molecular weight is 367 g/mol. The Labute approximate surface area is 126 Å². The first-order chi connectivity index (χ1) is 9.11. The van der Waals surface area contributed by atoms with Crippen molar-refractivity contribution < 1.29 is 9.90 Å². The Morgan fingerprint density at radius 2 is 1.68 bits per heavy atom. The van der Waals surface area contributed by atoms with Crippen LogP contribution in [-0.4, -0.2) is 11.2 Å². The molecule has 0 aromatic heterocycles. The minimum absolute atomic E-state index is 0.227. The molecule has 0 bridgehead atoms. The lowest BCUT2D eigenvalue weighted by atomic mass is 10.1. The van der Waals surface area contributed by atoms with E-state index < -0.39 is 6.09 Å². The van der Waals surface area contributed by atoms with Crippen LogP contribution in [0, 0.1) is 3.57 Å². The smallest absolute Gasteiger partial charge is 0.412 e. The van der Waals surface area contributed by atoms with E-state index in [2.05, 4.69) is 22.6 Å². The normalized spacial score (nSPS) is 11.9. The molecule has 1 amide bonds. The van der Waals surface area contributed by atoms with Crippen LogP contribution in [0.4, 0.5) is 10.5 Å². The van der Waals surface area contributed by atoms with Gasteiger partial charge in [0.1, 0.15) is 0 Å². The first-order valence-electron chi connectivity index (χ1n) is 5.93. The standard InChI is InChI=1S/C15H14INO2/c1-11(12-7-3-2-4-8-12)17(15(18)19)14-10-6-5-9-13(14)16/h2-11H,1H3,(H,18,19)/t11-/m1/s1. The molecule has 0 heterocycles. The van der Waals surface area contributed by atoms with Gasteiger partial charge in [-0.05, 0) is 47.2 Å². The highest BCUT2D eigenvalue weighted by Gasteiger charge is 2.24. The zero-order chi connectivity index (χ0) is 13.8. The number of nitrogens with zero attached hydrogens (tertiary/aromatic N) is 1. The van der Waals surface area contributed by atoms with Gasteiger partial charge in [0, 0.05) is 3.57 Å². The highest BCUT2D eigenvalue weighted by Crippen LogP contribution is 2.30. The fourth-order valence-corrected chi connectivity index (χ4v) is 2.65. The van der Waals surface area contributed by atoms with Gasteiger partial charge >= 0.3 is 6.09 Å². The molecular weight excluding hydrogens is 353 g/mol. The van der Waals surface area contributed by atoms with Crippen LogP contribution < -0.4 is 4.90 Å². The molecule has 0 aliphatic rings. The minimum atomic E-state index is -0.944. The predicted molar refractivity (Wildman–Crippen MR) is 84.5 cm³/mol. The van der Waals surface area contributed by atoms with Gasteiger partial charge in [-0.2, -0.15) is 0 Å². The SMILES string of the molecule is C[C@H](c1ccccc1)N(C(=O)O)c1ccccc1I. The zero-order valence-corrected chi connectivity index (χ0v) is 12.6. The second kappa shape index (κ2) is 6.06. The molecule has 0 saturated heterocycles. The van der Waals surface area contributed by atoms with Gasteiger partial charge in [0.25, 0.3) is 0 Å². The van der Waals surface area contributed by atoms with Crippen molar-refractivity contribution in [3.8, 4) is 0 Å². The van der Waals surface area contributed by atoms with Gasteiger partial charge in [-0.3, -0.25) is 4.90 Å². The number of amides is 1. The van der Waals surface area contributed by atoms with E-state index in [-0.39, 0.29) is 6.04 Å². The van der Waals surface area contributed by atoms with Crippen molar-refractivity contribution in [3.63, 3.8) is 0 Å². The fraction of sp³-hybridized carbons (Fsp3) is 0.133. The molecule has 19 heavy (non-hydrogen) atoms. The number of halogens is 1. The molecule has 0 aliphatic carbocycles. The maximum Gasteiger partial charge on any atom is 0.412 e. The van der Waals surface area contributed by atoms with Crippen molar-refractivity contribution in [2.75, 3.05) is 4.90 Å².